The minimum absolute atomic E-state index is 0.209. The molecule has 0 amide bonds. The highest BCUT2D eigenvalue weighted by atomic mass is 32.2. The van der Waals surface area contributed by atoms with Gasteiger partial charge >= 0.3 is 0 Å². The molecule has 2 heterocycles. The predicted molar refractivity (Wildman–Crippen MR) is 83.9 cm³/mol. The molecular formula is C14H24N4O2S. The fraction of sp³-hybridized carbons (Fsp3) is 0.643. The minimum Gasteiger partial charge on any atom is -0.384 e. The first-order chi connectivity index (χ1) is 10.0. The van der Waals surface area contributed by atoms with Gasteiger partial charge < -0.3 is 5.32 Å². The number of aromatic nitrogens is 1. The van der Waals surface area contributed by atoms with Crippen molar-refractivity contribution in [3.8, 4) is 0 Å². The third-order valence-electron chi connectivity index (χ3n) is 3.77. The highest BCUT2D eigenvalue weighted by Gasteiger charge is 2.22. The lowest BCUT2D eigenvalue weighted by Crippen LogP contribution is -2.40. The highest BCUT2D eigenvalue weighted by molar-refractivity contribution is 7.89. The molecule has 0 spiro atoms. The predicted octanol–water partition coefficient (Wildman–Crippen LogP) is 1.28. The van der Waals surface area contributed by atoms with Crippen LogP contribution < -0.4 is 10.0 Å². The number of sulfonamides is 1. The van der Waals surface area contributed by atoms with Crippen LogP contribution in [0.25, 0.3) is 0 Å². The summed E-state index contributed by atoms with van der Waals surface area (Å²) < 4.78 is 27.6. The fourth-order valence-electron chi connectivity index (χ4n) is 2.55. The molecule has 1 saturated heterocycles. The van der Waals surface area contributed by atoms with E-state index in [2.05, 4.69) is 26.8 Å². The highest BCUT2D eigenvalue weighted by Crippen LogP contribution is 2.19. The molecule has 1 aliphatic rings. The smallest absolute Gasteiger partial charge is 0.244 e. The van der Waals surface area contributed by atoms with E-state index in [0.29, 0.717) is 18.8 Å². The Labute approximate surface area is 127 Å². The number of pyridine rings is 1. The monoisotopic (exact) mass is 312 g/mol. The average molecular weight is 312 g/mol. The fourth-order valence-corrected chi connectivity index (χ4v) is 3.80. The first-order valence-corrected chi connectivity index (χ1v) is 8.94. The van der Waals surface area contributed by atoms with Crippen molar-refractivity contribution in [2.45, 2.75) is 37.6 Å². The topological polar surface area (TPSA) is 74.3 Å². The number of nitrogens with one attached hydrogen (secondary N) is 2. The summed E-state index contributed by atoms with van der Waals surface area (Å²) in [7, 11) is -3.54. The van der Waals surface area contributed by atoms with Gasteiger partial charge in [0.15, 0.2) is 0 Å². The maximum absolute atomic E-state index is 12.4. The lowest BCUT2D eigenvalue weighted by atomic mass is 10.3. The van der Waals surface area contributed by atoms with Crippen LogP contribution in [0, 0.1) is 0 Å². The molecule has 1 unspecified atom stereocenters. The van der Waals surface area contributed by atoms with E-state index in [0.717, 1.165) is 13.1 Å². The van der Waals surface area contributed by atoms with E-state index in [4.69, 9.17) is 0 Å². The largest absolute Gasteiger partial charge is 0.384 e. The van der Waals surface area contributed by atoms with E-state index in [-0.39, 0.29) is 10.9 Å². The van der Waals surface area contributed by atoms with Crippen LogP contribution in [0.4, 0.5) is 5.69 Å². The van der Waals surface area contributed by atoms with Crippen molar-refractivity contribution in [1.29, 1.82) is 0 Å². The molecule has 1 aromatic heterocycles. The van der Waals surface area contributed by atoms with Crippen LogP contribution in [0.3, 0.4) is 0 Å². The van der Waals surface area contributed by atoms with Gasteiger partial charge in [-0.3, -0.25) is 9.88 Å². The molecule has 7 heteroatoms. The van der Waals surface area contributed by atoms with Crippen molar-refractivity contribution in [1.82, 2.24) is 14.6 Å². The Morgan fingerprint density at radius 2 is 2.10 bits per heavy atom. The zero-order valence-electron chi connectivity index (χ0n) is 12.7. The van der Waals surface area contributed by atoms with E-state index >= 15 is 0 Å². The Kier molecular flexibility index (Phi) is 5.55. The molecule has 2 N–H and O–H groups in total. The second-order valence-electron chi connectivity index (χ2n) is 5.35. The normalized spacial score (nSPS) is 17.8. The first-order valence-electron chi connectivity index (χ1n) is 7.46. The van der Waals surface area contributed by atoms with Gasteiger partial charge in [-0.2, -0.15) is 0 Å². The summed E-state index contributed by atoms with van der Waals surface area (Å²) in [5, 5.41) is 3.06. The van der Waals surface area contributed by atoms with Crippen LogP contribution in [0.2, 0.25) is 0 Å². The van der Waals surface area contributed by atoms with Gasteiger partial charge in [0.25, 0.3) is 0 Å². The van der Waals surface area contributed by atoms with Crippen LogP contribution >= 0.6 is 0 Å². The van der Waals surface area contributed by atoms with Gasteiger partial charge in [-0.15, -0.1) is 0 Å². The van der Waals surface area contributed by atoms with Gasteiger partial charge in [0.2, 0.25) is 10.0 Å². The summed E-state index contributed by atoms with van der Waals surface area (Å²) in [5.74, 6) is 0. The summed E-state index contributed by atoms with van der Waals surface area (Å²) in [6, 6.07) is 1.89. The number of anilines is 1. The van der Waals surface area contributed by atoms with Crippen molar-refractivity contribution >= 4 is 15.7 Å². The summed E-state index contributed by atoms with van der Waals surface area (Å²) >= 11 is 0. The van der Waals surface area contributed by atoms with E-state index in [9.17, 15) is 8.42 Å². The summed E-state index contributed by atoms with van der Waals surface area (Å²) in [4.78, 5) is 6.45. The van der Waals surface area contributed by atoms with Crippen molar-refractivity contribution in [2.24, 2.45) is 0 Å². The van der Waals surface area contributed by atoms with Crippen molar-refractivity contribution in [3.05, 3.63) is 18.5 Å². The number of nitrogens with zero attached hydrogens (tertiary/aromatic N) is 2. The third kappa shape index (κ3) is 4.15. The molecule has 0 saturated carbocycles. The van der Waals surface area contributed by atoms with Crippen LogP contribution in [0.15, 0.2) is 23.4 Å². The molecule has 1 atom stereocenters. The van der Waals surface area contributed by atoms with Gasteiger partial charge in [-0.05, 0) is 45.8 Å². The van der Waals surface area contributed by atoms with Crippen LogP contribution in [-0.2, 0) is 10.0 Å². The molecule has 2 rings (SSSR count). The van der Waals surface area contributed by atoms with Gasteiger partial charge in [-0.1, -0.05) is 0 Å². The van der Waals surface area contributed by atoms with Crippen LogP contribution in [-0.4, -0.2) is 50.5 Å². The van der Waals surface area contributed by atoms with Gasteiger partial charge in [0.05, 0.1) is 5.69 Å². The maximum Gasteiger partial charge on any atom is 0.244 e. The SMILES string of the molecule is CCNc1ccncc1S(=O)(=O)NCC(C)N1CCCC1. The quantitative estimate of drug-likeness (QED) is 0.793. The molecule has 6 nitrogen and oxygen atoms in total. The Bertz CT molecular complexity index is 556. The standard InChI is InChI=1S/C14H24N4O2S/c1-3-16-13-6-7-15-11-14(13)21(19,20)17-10-12(2)18-8-4-5-9-18/h6-7,11-12,17H,3-5,8-10H2,1-2H3,(H,15,16). The molecule has 1 aliphatic heterocycles. The van der Waals surface area contributed by atoms with E-state index < -0.39 is 10.0 Å². The van der Waals surface area contributed by atoms with E-state index in [1.54, 1.807) is 12.3 Å². The molecule has 0 radical (unpaired) electrons. The molecule has 21 heavy (non-hydrogen) atoms. The molecule has 1 fully saturated rings. The minimum atomic E-state index is -3.54. The van der Waals surface area contributed by atoms with Gasteiger partial charge in [0.1, 0.15) is 4.90 Å². The molecule has 0 bridgehead atoms. The second-order valence-corrected chi connectivity index (χ2v) is 7.08. The Balaban J connectivity index is 2.04. The molecule has 0 aromatic carbocycles. The van der Waals surface area contributed by atoms with Crippen molar-refractivity contribution in [3.63, 3.8) is 0 Å². The third-order valence-corrected chi connectivity index (χ3v) is 5.23. The zero-order chi connectivity index (χ0) is 15.3. The molecule has 1 aromatic rings. The summed E-state index contributed by atoms with van der Waals surface area (Å²) in [6.45, 7) is 7.18. The lowest BCUT2D eigenvalue weighted by molar-refractivity contribution is 0.260. The lowest BCUT2D eigenvalue weighted by Gasteiger charge is -2.24. The Morgan fingerprint density at radius 1 is 1.38 bits per heavy atom. The Hall–Kier alpha value is -1.18. The number of likely N-dealkylation sites (tertiary alicyclic amines) is 1. The summed E-state index contributed by atoms with van der Waals surface area (Å²) in [5.41, 5.74) is 0.592. The van der Waals surface area contributed by atoms with E-state index in [1.807, 2.05) is 6.92 Å². The molecular weight excluding hydrogens is 288 g/mol. The molecule has 0 aliphatic carbocycles. The average Bonchev–Trinajstić information content (AvgIpc) is 3.00. The van der Waals surface area contributed by atoms with E-state index in [1.165, 1.54) is 19.0 Å². The number of hydrogen-bond acceptors (Lipinski definition) is 5. The zero-order valence-corrected chi connectivity index (χ0v) is 13.5. The molecule has 118 valence electrons. The second kappa shape index (κ2) is 7.20. The maximum atomic E-state index is 12.4. The first kappa shape index (κ1) is 16.2. The number of hydrogen-bond donors (Lipinski definition) is 2. The summed E-state index contributed by atoms with van der Waals surface area (Å²) in [6.07, 6.45) is 5.37. The van der Waals surface area contributed by atoms with Crippen molar-refractivity contribution < 1.29 is 8.42 Å². The Morgan fingerprint density at radius 3 is 2.76 bits per heavy atom. The number of rotatable bonds is 7. The van der Waals surface area contributed by atoms with Crippen LogP contribution in [0.1, 0.15) is 26.7 Å². The van der Waals surface area contributed by atoms with Gasteiger partial charge in [-0.25, -0.2) is 13.1 Å². The van der Waals surface area contributed by atoms with Gasteiger partial charge in [0, 0.05) is 31.5 Å². The van der Waals surface area contributed by atoms with Crippen LogP contribution in [0.5, 0.6) is 0 Å². The van der Waals surface area contributed by atoms with Crippen molar-refractivity contribution in [2.75, 3.05) is 31.5 Å².